The number of amides is 1. The van der Waals surface area contributed by atoms with Crippen molar-refractivity contribution in [3.8, 4) is 0 Å². The molecule has 2 heterocycles. The molecule has 2 aliphatic heterocycles. The summed E-state index contributed by atoms with van der Waals surface area (Å²) < 4.78 is 5.24. The summed E-state index contributed by atoms with van der Waals surface area (Å²) in [5.74, 6) is -0.0141. The lowest BCUT2D eigenvalue weighted by Crippen LogP contribution is -2.56. The first-order valence-electron chi connectivity index (χ1n) is 7.85. The van der Waals surface area contributed by atoms with Crippen molar-refractivity contribution in [3.05, 3.63) is 12.2 Å². The minimum atomic E-state index is -0.0141. The van der Waals surface area contributed by atoms with Crippen molar-refractivity contribution in [3.63, 3.8) is 0 Å². The number of nitrogens with zero attached hydrogens (tertiary/aromatic N) is 2. The largest absolute Gasteiger partial charge is 0.378 e. The summed E-state index contributed by atoms with van der Waals surface area (Å²) in [6.07, 6.45) is 0. The maximum atomic E-state index is 12.0. The molecule has 5 heteroatoms. The molecule has 0 aromatic heterocycles. The number of carbonyl (C=O) groups excluding carboxylic acids is 1. The molecule has 0 aliphatic carbocycles. The Kier molecular flexibility index (Phi) is 5.41. The summed E-state index contributed by atoms with van der Waals surface area (Å²) in [6.45, 7) is 17.5. The molecule has 0 aromatic rings. The van der Waals surface area contributed by atoms with Crippen LogP contribution in [0.25, 0.3) is 0 Å². The molecule has 0 bridgehead atoms. The van der Waals surface area contributed by atoms with Crippen LogP contribution in [0.1, 0.15) is 20.8 Å². The molecule has 2 rings (SSSR count). The highest BCUT2D eigenvalue weighted by Crippen LogP contribution is 2.14. The first-order chi connectivity index (χ1) is 9.85. The quantitative estimate of drug-likeness (QED) is 0.759. The number of rotatable bonds is 5. The molecule has 2 fully saturated rings. The van der Waals surface area contributed by atoms with Gasteiger partial charge < -0.3 is 10.1 Å². The summed E-state index contributed by atoms with van der Waals surface area (Å²) in [5, 5.41) is 2.97. The highest BCUT2D eigenvalue weighted by atomic mass is 16.5. The van der Waals surface area contributed by atoms with Crippen LogP contribution in [0.3, 0.4) is 0 Å². The molecule has 0 aromatic carbocycles. The number of hydrogen-bond acceptors (Lipinski definition) is 4. The van der Waals surface area contributed by atoms with Crippen LogP contribution in [-0.4, -0.2) is 74.2 Å². The van der Waals surface area contributed by atoms with Crippen LogP contribution < -0.4 is 5.32 Å². The lowest BCUT2D eigenvalue weighted by molar-refractivity contribution is -0.118. The maximum Gasteiger partial charge on any atom is 0.247 e. The second-order valence-corrected chi connectivity index (χ2v) is 7.35. The van der Waals surface area contributed by atoms with E-state index in [0.717, 1.165) is 39.4 Å². The van der Waals surface area contributed by atoms with Crippen LogP contribution >= 0.6 is 0 Å². The third kappa shape index (κ3) is 5.09. The topological polar surface area (TPSA) is 44.8 Å². The van der Waals surface area contributed by atoms with Gasteiger partial charge in [0.25, 0.3) is 0 Å². The standard InChI is InChI=1S/C16H29N3O2/c1-13(15(20)17-12-16(2,3)4)9-18-5-7-19(8-6-18)14-10-21-11-14/h14H,1,5-12H2,2-4H3,(H,17,20). The summed E-state index contributed by atoms with van der Waals surface area (Å²) in [6, 6.07) is 0.616. The molecular formula is C16H29N3O2. The van der Waals surface area contributed by atoms with E-state index in [-0.39, 0.29) is 11.3 Å². The van der Waals surface area contributed by atoms with Crippen molar-refractivity contribution in [1.82, 2.24) is 15.1 Å². The highest BCUT2D eigenvalue weighted by molar-refractivity contribution is 5.93. The van der Waals surface area contributed by atoms with Gasteiger partial charge in [-0.2, -0.15) is 0 Å². The van der Waals surface area contributed by atoms with E-state index in [0.29, 0.717) is 24.7 Å². The predicted molar refractivity (Wildman–Crippen MR) is 84.2 cm³/mol. The van der Waals surface area contributed by atoms with E-state index in [2.05, 4.69) is 42.5 Å². The van der Waals surface area contributed by atoms with Gasteiger partial charge in [0.1, 0.15) is 0 Å². The molecule has 2 saturated heterocycles. The van der Waals surface area contributed by atoms with Crippen LogP contribution in [0.15, 0.2) is 12.2 Å². The molecule has 21 heavy (non-hydrogen) atoms. The average Bonchev–Trinajstić information content (AvgIpc) is 2.35. The van der Waals surface area contributed by atoms with Gasteiger partial charge in [-0.15, -0.1) is 0 Å². The van der Waals surface area contributed by atoms with Crippen LogP contribution in [0.5, 0.6) is 0 Å². The van der Waals surface area contributed by atoms with Gasteiger partial charge in [0.2, 0.25) is 5.91 Å². The molecule has 1 amide bonds. The zero-order chi connectivity index (χ0) is 15.5. The molecule has 0 radical (unpaired) electrons. The number of ether oxygens (including phenoxy) is 1. The van der Waals surface area contributed by atoms with Gasteiger partial charge in [-0.1, -0.05) is 27.4 Å². The van der Waals surface area contributed by atoms with Gasteiger partial charge in [0, 0.05) is 44.8 Å². The van der Waals surface area contributed by atoms with Crippen molar-refractivity contribution in [2.24, 2.45) is 5.41 Å². The van der Waals surface area contributed by atoms with Gasteiger partial charge in [0.15, 0.2) is 0 Å². The summed E-state index contributed by atoms with van der Waals surface area (Å²) in [4.78, 5) is 16.8. The Labute approximate surface area is 128 Å². The maximum absolute atomic E-state index is 12.0. The average molecular weight is 295 g/mol. The number of piperazine rings is 1. The van der Waals surface area contributed by atoms with Crippen molar-refractivity contribution in [1.29, 1.82) is 0 Å². The fraction of sp³-hybridized carbons (Fsp3) is 0.812. The first kappa shape index (κ1) is 16.5. The number of nitrogens with one attached hydrogen (secondary N) is 1. The van der Waals surface area contributed by atoms with E-state index in [1.54, 1.807) is 0 Å². The molecule has 0 spiro atoms. The third-order valence-electron chi connectivity index (χ3n) is 4.06. The monoisotopic (exact) mass is 295 g/mol. The third-order valence-corrected chi connectivity index (χ3v) is 4.06. The normalized spacial score (nSPS) is 21.9. The van der Waals surface area contributed by atoms with Gasteiger partial charge in [-0.05, 0) is 5.41 Å². The molecule has 0 atom stereocenters. The molecular weight excluding hydrogens is 266 g/mol. The number of carbonyl (C=O) groups is 1. The first-order valence-corrected chi connectivity index (χ1v) is 7.85. The minimum Gasteiger partial charge on any atom is -0.378 e. The van der Waals surface area contributed by atoms with Gasteiger partial charge >= 0.3 is 0 Å². The Balaban J connectivity index is 1.67. The molecule has 2 aliphatic rings. The zero-order valence-corrected chi connectivity index (χ0v) is 13.7. The lowest BCUT2D eigenvalue weighted by atomic mass is 9.97. The Hall–Kier alpha value is -0.910. The lowest BCUT2D eigenvalue weighted by Gasteiger charge is -2.42. The van der Waals surface area contributed by atoms with Gasteiger partial charge in [0.05, 0.1) is 19.3 Å². The molecule has 1 N–H and O–H groups in total. The van der Waals surface area contributed by atoms with Crippen LogP contribution in [0.4, 0.5) is 0 Å². The highest BCUT2D eigenvalue weighted by Gasteiger charge is 2.29. The van der Waals surface area contributed by atoms with Crippen molar-refractivity contribution >= 4 is 5.91 Å². The summed E-state index contributed by atoms with van der Waals surface area (Å²) >= 11 is 0. The predicted octanol–water partition coefficient (Wildman–Crippen LogP) is 0.721. The van der Waals surface area contributed by atoms with Gasteiger partial charge in [-0.25, -0.2) is 0 Å². The fourth-order valence-corrected chi connectivity index (χ4v) is 2.53. The van der Waals surface area contributed by atoms with E-state index in [1.165, 1.54) is 0 Å². The van der Waals surface area contributed by atoms with Crippen molar-refractivity contribution in [2.75, 3.05) is 52.5 Å². The summed E-state index contributed by atoms with van der Waals surface area (Å²) in [7, 11) is 0. The van der Waals surface area contributed by atoms with Crippen LogP contribution in [-0.2, 0) is 9.53 Å². The molecule has 5 nitrogen and oxygen atoms in total. The number of hydrogen-bond donors (Lipinski definition) is 1. The smallest absolute Gasteiger partial charge is 0.247 e. The van der Waals surface area contributed by atoms with E-state index >= 15 is 0 Å². The molecule has 120 valence electrons. The Morgan fingerprint density at radius 2 is 1.86 bits per heavy atom. The van der Waals surface area contributed by atoms with E-state index in [4.69, 9.17) is 4.74 Å². The summed E-state index contributed by atoms with van der Waals surface area (Å²) in [5.41, 5.74) is 0.770. The Bertz CT molecular complexity index is 377. The van der Waals surface area contributed by atoms with Crippen molar-refractivity contribution in [2.45, 2.75) is 26.8 Å². The van der Waals surface area contributed by atoms with Crippen LogP contribution in [0.2, 0.25) is 0 Å². The van der Waals surface area contributed by atoms with Crippen molar-refractivity contribution < 1.29 is 9.53 Å². The fourth-order valence-electron chi connectivity index (χ4n) is 2.53. The van der Waals surface area contributed by atoms with E-state index in [1.807, 2.05) is 0 Å². The van der Waals surface area contributed by atoms with E-state index < -0.39 is 0 Å². The second kappa shape index (κ2) is 6.90. The Morgan fingerprint density at radius 1 is 1.24 bits per heavy atom. The molecule has 0 unspecified atom stereocenters. The molecule has 0 saturated carbocycles. The van der Waals surface area contributed by atoms with Crippen LogP contribution in [0, 0.1) is 5.41 Å². The minimum absolute atomic E-state index is 0.0141. The van der Waals surface area contributed by atoms with Gasteiger partial charge in [-0.3, -0.25) is 14.6 Å². The SMILES string of the molecule is C=C(CN1CCN(C2COC2)CC1)C(=O)NCC(C)(C)C. The van der Waals surface area contributed by atoms with E-state index in [9.17, 15) is 4.79 Å². The second-order valence-electron chi connectivity index (χ2n) is 7.35. The zero-order valence-electron chi connectivity index (χ0n) is 13.7. The Morgan fingerprint density at radius 3 is 2.33 bits per heavy atom.